The van der Waals surface area contributed by atoms with Crippen LogP contribution in [0.2, 0.25) is 0 Å². The molecule has 0 radical (unpaired) electrons. The molecular formula is C26H36O3. The summed E-state index contributed by atoms with van der Waals surface area (Å²) >= 11 is 0. The summed E-state index contributed by atoms with van der Waals surface area (Å²) < 4.78 is 6.13. The predicted octanol–water partition coefficient (Wildman–Crippen LogP) is 5.85. The van der Waals surface area contributed by atoms with Gasteiger partial charge in [0, 0.05) is 17.3 Å². The fraction of sp³-hybridized carbons (Fsp3) is 0.731. The molecule has 0 saturated heterocycles. The fourth-order valence-corrected chi connectivity index (χ4v) is 8.10. The van der Waals surface area contributed by atoms with Crippen LogP contribution in [0.3, 0.4) is 0 Å². The first kappa shape index (κ1) is 19.6. The summed E-state index contributed by atoms with van der Waals surface area (Å²) in [5.74, 6) is 2.98. The molecule has 3 nitrogen and oxygen atoms in total. The van der Waals surface area contributed by atoms with E-state index in [4.69, 9.17) is 4.74 Å². The van der Waals surface area contributed by atoms with E-state index in [-0.39, 0.29) is 10.8 Å². The number of fused-ring (bicyclic) bond motifs is 5. The number of hydrogen-bond acceptors (Lipinski definition) is 3. The van der Waals surface area contributed by atoms with Crippen molar-refractivity contribution in [2.75, 3.05) is 0 Å². The van der Waals surface area contributed by atoms with Gasteiger partial charge in [0.05, 0.1) is 5.76 Å². The van der Waals surface area contributed by atoms with Crippen LogP contribution in [-0.4, -0.2) is 17.0 Å². The van der Waals surface area contributed by atoms with Gasteiger partial charge in [-0.05, 0) is 94.5 Å². The SMILES string of the molecule is C=C(OC1=CCCC1)[C@]1(O)CC[C@H]2[C@@H]3CCC4=CCCC[C@]4(C=O)[C@H]3CC[C@@]21C. The number of allylic oxidation sites excluding steroid dienone is 4. The first-order chi connectivity index (χ1) is 13.9. The Kier molecular flexibility index (Phi) is 4.62. The van der Waals surface area contributed by atoms with Gasteiger partial charge < -0.3 is 14.6 Å². The van der Waals surface area contributed by atoms with E-state index in [1.807, 2.05) is 0 Å². The largest absolute Gasteiger partial charge is 0.464 e. The third kappa shape index (κ3) is 2.62. The quantitative estimate of drug-likeness (QED) is 0.368. The van der Waals surface area contributed by atoms with Crippen LogP contribution in [-0.2, 0) is 9.53 Å². The Morgan fingerprint density at radius 3 is 2.66 bits per heavy atom. The van der Waals surface area contributed by atoms with Crippen molar-refractivity contribution in [2.24, 2.45) is 28.6 Å². The molecule has 29 heavy (non-hydrogen) atoms. The minimum absolute atomic E-state index is 0.204. The molecule has 3 fully saturated rings. The lowest BCUT2D eigenvalue weighted by Gasteiger charge is -2.58. The summed E-state index contributed by atoms with van der Waals surface area (Å²) in [5, 5.41) is 11.9. The van der Waals surface area contributed by atoms with E-state index >= 15 is 0 Å². The summed E-state index contributed by atoms with van der Waals surface area (Å²) in [4.78, 5) is 12.4. The second kappa shape index (κ2) is 6.83. The molecule has 0 heterocycles. The molecule has 5 aliphatic carbocycles. The highest BCUT2D eigenvalue weighted by Crippen LogP contribution is 2.68. The smallest absolute Gasteiger partial charge is 0.130 e. The summed E-state index contributed by atoms with van der Waals surface area (Å²) in [6, 6.07) is 0. The van der Waals surface area contributed by atoms with Crippen molar-refractivity contribution in [1.82, 2.24) is 0 Å². The number of carbonyl (C=O) groups excluding carboxylic acids is 1. The topological polar surface area (TPSA) is 46.5 Å². The molecule has 3 saturated carbocycles. The van der Waals surface area contributed by atoms with Crippen molar-refractivity contribution < 1.29 is 14.6 Å². The van der Waals surface area contributed by atoms with Crippen LogP contribution in [0.1, 0.15) is 84.0 Å². The van der Waals surface area contributed by atoms with Crippen LogP contribution < -0.4 is 0 Å². The monoisotopic (exact) mass is 396 g/mol. The highest BCUT2D eigenvalue weighted by atomic mass is 16.5. The number of ether oxygens (including phenoxy) is 1. The van der Waals surface area contributed by atoms with Gasteiger partial charge in [-0.15, -0.1) is 0 Å². The number of rotatable bonds is 4. The fourth-order valence-electron chi connectivity index (χ4n) is 8.10. The Labute approximate surface area is 175 Å². The van der Waals surface area contributed by atoms with Gasteiger partial charge in [-0.1, -0.05) is 25.2 Å². The van der Waals surface area contributed by atoms with Crippen LogP contribution in [0.25, 0.3) is 0 Å². The van der Waals surface area contributed by atoms with E-state index in [0.29, 0.717) is 23.5 Å². The number of aldehydes is 1. The molecule has 0 aliphatic heterocycles. The van der Waals surface area contributed by atoms with Crippen LogP contribution in [0.15, 0.2) is 35.8 Å². The summed E-state index contributed by atoms with van der Waals surface area (Å²) in [5.41, 5.74) is 0.0523. The lowest BCUT2D eigenvalue weighted by atomic mass is 9.46. The molecule has 0 spiro atoms. The van der Waals surface area contributed by atoms with Crippen molar-refractivity contribution in [1.29, 1.82) is 0 Å². The van der Waals surface area contributed by atoms with Gasteiger partial charge >= 0.3 is 0 Å². The van der Waals surface area contributed by atoms with Crippen molar-refractivity contribution in [3.05, 3.63) is 35.8 Å². The van der Waals surface area contributed by atoms with E-state index in [1.54, 1.807) is 0 Å². The van der Waals surface area contributed by atoms with Crippen LogP contribution in [0.4, 0.5) is 0 Å². The van der Waals surface area contributed by atoms with E-state index in [9.17, 15) is 9.90 Å². The number of carbonyl (C=O) groups is 1. The first-order valence-corrected chi connectivity index (χ1v) is 11.9. The van der Waals surface area contributed by atoms with Gasteiger partial charge in [-0.3, -0.25) is 0 Å². The maximum Gasteiger partial charge on any atom is 0.130 e. The Balaban J connectivity index is 1.43. The van der Waals surface area contributed by atoms with Gasteiger partial charge in [-0.25, -0.2) is 0 Å². The Morgan fingerprint density at radius 2 is 1.90 bits per heavy atom. The van der Waals surface area contributed by atoms with E-state index in [0.717, 1.165) is 76.4 Å². The zero-order valence-electron chi connectivity index (χ0n) is 17.9. The molecule has 5 rings (SSSR count). The van der Waals surface area contributed by atoms with Crippen molar-refractivity contribution in [3.8, 4) is 0 Å². The van der Waals surface area contributed by atoms with Crippen LogP contribution in [0.5, 0.6) is 0 Å². The van der Waals surface area contributed by atoms with Gasteiger partial charge in [0.15, 0.2) is 0 Å². The average Bonchev–Trinajstić information content (AvgIpc) is 3.34. The minimum atomic E-state index is -0.955. The molecule has 0 aromatic heterocycles. The standard InChI is InChI=1S/C26H36O3/c1-18(29-20-8-3-4-9-20)26(28)16-13-22-21-11-10-19-7-5-6-14-25(19,17-27)23(21)12-15-24(22,26)2/h7-8,17,21-23,28H,1,3-6,9-16H2,2H3/t21-,22-,23-,24-,25+,26+/m0/s1. The Morgan fingerprint density at radius 1 is 1.10 bits per heavy atom. The molecule has 5 aliphatic rings. The van der Waals surface area contributed by atoms with Crippen molar-refractivity contribution in [2.45, 2.75) is 89.6 Å². The molecule has 158 valence electrons. The summed E-state index contributed by atoms with van der Waals surface area (Å²) in [6.45, 7) is 6.51. The first-order valence-electron chi connectivity index (χ1n) is 11.9. The Bertz CT molecular complexity index is 779. The minimum Gasteiger partial charge on any atom is -0.464 e. The van der Waals surface area contributed by atoms with Crippen LogP contribution >= 0.6 is 0 Å². The highest BCUT2D eigenvalue weighted by Gasteiger charge is 2.66. The summed E-state index contributed by atoms with van der Waals surface area (Å²) in [7, 11) is 0. The van der Waals surface area contributed by atoms with Gasteiger partial charge in [0.2, 0.25) is 0 Å². The predicted molar refractivity (Wildman–Crippen MR) is 114 cm³/mol. The molecule has 3 heteroatoms. The average molecular weight is 397 g/mol. The third-order valence-corrected chi connectivity index (χ3v) is 9.71. The molecule has 1 N–H and O–H groups in total. The number of aliphatic hydroxyl groups is 1. The van der Waals surface area contributed by atoms with E-state index in [1.165, 1.54) is 18.3 Å². The normalized spacial score (nSPS) is 46.1. The summed E-state index contributed by atoms with van der Waals surface area (Å²) in [6.07, 6.45) is 18.3. The zero-order chi connectivity index (χ0) is 20.3. The lowest BCUT2D eigenvalue weighted by Crippen LogP contribution is -2.56. The highest BCUT2D eigenvalue weighted by molar-refractivity contribution is 5.67. The number of hydrogen-bond donors (Lipinski definition) is 1. The molecular weight excluding hydrogens is 360 g/mol. The third-order valence-electron chi connectivity index (χ3n) is 9.71. The molecule has 6 atom stereocenters. The van der Waals surface area contributed by atoms with Gasteiger partial charge in [0.1, 0.15) is 17.6 Å². The zero-order valence-corrected chi connectivity index (χ0v) is 17.9. The Hall–Kier alpha value is -1.35. The second-order valence-corrected chi connectivity index (χ2v) is 10.6. The van der Waals surface area contributed by atoms with E-state index < -0.39 is 5.60 Å². The molecule has 0 amide bonds. The molecule has 0 aromatic rings. The molecule has 0 aromatic carbocycles. The van der Waals surface area contributed by atoms with Crippen LogP contribution in [0, 0.1) is 28.6 Å². The van der Waals surface area contributed by atoms with E-state index in [2.05, 4.69) is 25.7 Å². The molecule has 0 unspecified atom stereocenters. The second-order valence-electron chi connectivity index (χ2n) is 10.6. The van der Waals surface area contributed by atoms with Crippen molar-refractivity contribution >= 4 is 6.29 Å². The molecule has 0 bridgehead atoms. The van der Waals surface area contributed by atoms with Gasteiger partial charge in [-0.2, -0.15) is 0 Å². The van der Waals surface area contributed by atoms with Crippen molar-refractivity contribution in [3.63, 3.8) is 0 Å². The maximum absolute atomic E-state index is 12.4. The van der Waals surface area contributed by atoms with Gasteiger partial charge in [0.25, 0.3) is 0 Å². The maximum atomic E-state index is 12.4. The lowest BCUT2D eigenvalue weighted by molar-refractivity contribution is -0.138.